The number of para-hydroxylation sites is 1. The number of hydrogen-bond acceptors (Lipinski definition) is 5. The van der Waals surface area contributed by atoms with Gasteiger partial charge in [0.05, 0.1) is 22.1 Å². The maximum atomic E-state index is 6.06. The second-order valence-electron chi connectivity index (χ2n) is 5.12. The van der Waals surface area contributed by atoms with E-state index in [1.807, 2.05) is 68.5 Å². The molecule has 24 heavy (non-hydrogen) atoms. The van der Waals surface area contributed by atoms with Crippen LogP contribution in [0.5, 0.6) is 0 Å². The second-order valence-corrected chi connectivity index (χ2v) is 6.15. The number of aromatic nitrogens is 3. The lowest BCUT2D eigenvalue weighted by atomic mass is 10.1. The summed E-state index contributed by atoms with van der Waals surface area (Å²) in [6.45, 7) is 3.95. The van der Waals surface area contributed by atoms with Crippen molar-refractivity contribution in [3.05, 3.63) is 66.5 Å². The Balaban J connectivity index is 2.11. The zero-order chi connectivity index (χ0) is 16.9. The molecule has 3 aromatic rings. The van der Waals surface area contributed by atoms with Crippen LogP contribution in [0.1, 0.15) is 19.5 Å². The van der Waals surface area contributed by atoms with Gasteiger partial charge in [-0.2, -0.15) is 0 Å². The van der Waals surface area contributed by atoms with E-state index in [2.05, 4.69) is 9.97 Å². The van der Waals surface area contributed by atoms with E-state index in [1.54, 1.807) is 17.5 Å². The summed E-state index contributed by atoms with van der Waals surface area (Å²) in [5, 5.41) is 0.786. The highest BCUT2D eigenvalue weighted by molar-refractivity contribution is 7.21. The second kappa shape index (κ2) is 7.19. The molecule has 0 fully saturated rings. The largest absolute Gasteiger partial charge is 0.382 e. The zero-order valence-electron chi connectivity index (χ0n) is 13.6. The topological polar surface area (TPSA) is 64.7 Å². The van der Waals surface area contributed by atoms with Crippen molar-refractivity contribution in [2.75, 3.05) is 5.73 Å². The summed E-state index contributed by atoms with van der Waals surface area (Å²) in [7, 11) is 0. The number of fused-ring (bicyclic) bond motifs is 1. The molecule has 2 N–H and O–H groups in total. The van der Waals surface area contributed by atoms with Crippen molar-refractivity contribution in [1.29, 1.82) is 0 Å². The molecular formula is C19H18N4S. The summed E-state index contributed by atoms with van der Waals surface area (Å²) in [6.07, 6.45) is 11.6. The normalized spacial score (nSPS) is 12.7. The van der Waals surface area contributed by atoms with Crippen molar-refractivity contribution in [1.82, 2.24) is 15.0 Å². The van der Waals surface area contributed by atoms with Crippen LogP contribution in [0.25, 0.3) is 26.5 Å². The minimum Gasteiger partial charge on any atom is -0.382 e. The molecule has 2 aromatic heterocycles. The minimum absolute atomic E-state index is 0.392. The van der Waals surface area contributed by atoms with E-state index in [9.17, 15) is 0 Å². The molecule has 0 aliphatic carbocycles. The molecule has 3 rings (SSSR count). The Bertz CT molecular complexity index is 918. The van der Waals surface area contributed by atoms with Crippen LogP contribution in [0.4, 0.5) is 5.82 Å². The highest BCUT2D eigenvalue weighted by Gasteiger charge is 2.13. The van der Waals surface area contributed by atoms with E-state index in [1.165, 1.54) is 0 Å². The van der Waals surface area contributed by atoms with Crippen molar-refractivity contribution in [3.63, 3.8) is 0 Å². The average molecular weight is 334 g/mol. The molecule has 4 nitrogen and oxygen atoms in total. The molecule has 0 aliphatic rings. The van der Waals surface area contributed by atoms with Crippen molar-refractivity contribution in [2.24, 2.45) is 0 Å². The predicted molar refractivity (Wildman–Crippen MR) is 103 cm³/mol. The summed E-state index contributed by atoms with van der Waals surface area (Å²) >= 11 is 1.57. The Morgan fingerprint density at radius 3 is 2.71 bits per heavy atom. The van der Waals surface area contributed by atoms with Crippen molar-refractivity contribution in [3.8, 4) is 10.7 Å². The maximum absolute atomic E-state index is 6.06. The number of nitrogens with zero attached hydrogens (tertiary/aromatic N) is 3. The lowest BCUT2D eigenvalue weighted by molar-refractivity contribution is 1.18. The van der Waals surface area contributed by atoms with Gasteiger partial charge in [0, 0.05) is 5.57 Å². The number of anilines is 1. The van der Waals surface area contributed by atoms with E-state index < -0.39 is 0 Å². The average Bonchev–Trinajstić information content (AvgIpc) is 3.03. The number of thiazole rings is 1. The van der Waals surface area contributed by atoms with Gasteiger partial charge in [-0.05, 0) is 26.0 Å². The molecule has 120 valence electrons. The van der Waals surface area contributed by atoms with E-state index >= 15 is 0 Å². The number of allylic oxidation sites excluding steroid dienone is 6. The number of rotatable bonds is 4. The van der Waals surface area contributed by atoms with Gasteiger partial charge in [0.2, 0.25) is 0 Å². The lowest BCUT2D eigenvalue weighted by Crippen LogP contribution is -2.00. The first-order valence-electron chi connectivity index (χ1n) is 7.67. The van der Waals surface area contributed by atoms with Crippen LogP contribution >= 0.6 is 11.3 Å². The van der Waals surface area contributed by atoms with Crippen LogP contribution in [0.3, 0.4) is 0 Å². The van der Waals surface area contributed by atoms with Gasteiger partial charge in [0.1, 0.15) is 10.7 Å². The summed E-state index contributed by atoms with van der Waals surface area (Å²) in [5.41, 5.74) is 9.38. The summed E-state index contributed by atoms with van der Waals surface area (Å²) in [4.78, 5) is 13.7. The van der Waals surface area contributed by atoms with Gasteiger partial charge in [-0.25, -0.2) is 15.0 Å². The van der Waals surface area contributed by atoms with E-state index in [4.69, 9.17) is 10.7 Å². The van der Waals surface area contributed by atoms with Gasteiger partial charge in [0.15, 0.2) is 5.82 Å². The SMILES string of the molecule is C\C=C/C=C(\C=C/C)c1cnc(N)c(-c2nc3ccccc3s2)n1. The Kier molecular flexibility index (Phi) is 4.82. The van der Waals surface area contributed by atoms with E-state index in [0.29, 0.717) is 11.5 Å². The molecular weight excluding hydrogens is 316 g/mol. The van der Waals surface area contributed by atoms with Gasteiger partial charge in [-0.15, -0.1) is 11.3 Å². The molecule has 0 saturated carbocycles. The highest BCUT2D eigenvalue weighted by atomic mass is 32.1. The molecule has 0 radical (unpaired) electrons. The molecule has 0 atom stereocenters. The number of nitrogens with two attached hydrogens (primary N) is 1. The van der Waals surface area contributed by atoms with E-state index in [0.717, 1.165) is 26.5 Å². The van der Waals surface area contributed by atoms with Crippen LogP contribution in [0.15, 0.2) is 60.8 Å². The highest BCUT2D eigenvalue weighted by Crippen LogP contribution is 2.32. The molecule has 2 heterocycles. The third-order valence-corrected chi connectivity index (χ3v) is 4.45. The van der Waals surface area contributed by atoms with Gasteiger partial charge in [0.25, 0.3) is 0 Å². The summed E-state index contributed by atoms with van der Waals surface area (Å²) in [6, 6.07) is 8.00. The number of benzene rings is 1. The first-order chi connectivity index (χ1) is 11.7. The lowest BCUT2D eigenvalue weighted by Gasteiger charge is -2.05. The Hall–Kier alpha value is -2.79. The van der Waals surface area contributed by atoms with Gasteiger partial charge in [-0.1, -0.05) is 42.5 Å². The fourth-order valence-corrected chi connectivity index (χ4v) is 3.24. The molecule has 0 unspecified atom stereocenters. The third kappa shape index (κ3) is 3.26. The molecule has 0 saturated heterocycles. The van der Waals surface area contributed by atoms with Crippen molar-refractivity contribution in [2.45, 2.75) is 13.8 Å². The fraction of sp³-hybridized carbons (Fsp3) is 0.105. The zero-order valence-corrected chi connectivity index (χ0v) is 14.4. The Labute approximate surface area is 145 Å². The first kappa shape index (κ1) is 16.1. The first-order valence-corrected chi connectivity index (χ1v) is 8.49. The Morgan fingerprint density at radius 1 is 1.12 bits per heavy atom. The monoisotopic (exact) mass is 334 g/mol. The van der Waals surface area contributed by atoms with Crippen molar-refractivity contribution < 1.29 is 0 Å². The molecule has 0 spiro atoms. The van der Waals surface area contributed by atoms with E-state index in [-0.39, 0.29) is 0 Å². The molecule has 0 bridgehead atoms. The smallest absolute Gasteiger partial charge is 0.152 e. The van der Waals surface area contributed by atoms with Gasteiger partial charge < -0.3 is 5.73 Å². The van der Waals surface area contributed by atoms with Crippen LogP contribution < -0.4 is 5.73 Å². The third-order valence-electron chi connectivity index (χ3n) is 3.41. The molecule has 0 amide bonds. The van der Waals surface area contributed by atoms with Gasteiger partial charge in [-0.3, -0.25) is 0 Å². The van der Waals surface area contributed by atoms with Crippen molar-refractivity contribution >= 4 is 32.9 Å². The number of hydrogen-bond donors (Lipinski definition) is 1. The van der Waals surface area contributed by atoms with Crippen LogP contribution in [-0.4, -0.2) is 15.0 Å². The predicted octanol–water partition coefficient (Wildman–Crippen LogP) is 4.87. The molecule has 1 aromatic carbocycles. The maximum Gasteiger partial charge on any atom is 0.152 e. The minimum atomic E-state index is 0.392. The van der Waals surface area contributed by atoms with Crippen LogP contribution in [0.2, 0.25) is 0 Å². The number of nitrogen functional groups attached to an aromatic ring is 1. The quantitative estimate of drug-likeness (QED) is 0.691. The standard InChI is InChI=1S/C19H18N4S/c1-3-5-9-13(8-4-2)15-12-21-18(20)17(22-15)19-23-14-10-6-7-11-16(14)24-19/h3-12H,1-2H3,(H2,20,21)/b5-3-,8-4-,13-9+. The molecule has 5 heteroatoms. The van der Waals surface area contributed by atoms with Crippen LogP contribution in [0, 0.1) is 0 Å². The summed E-state index contributed by atoms with van der Waals surface area (Å²) in [5.74, 6) is 0.392. The molecule has 0 aliphatic heterocycles. The Morgan fingerprint density at radius 2 is 1.96 bits per heavy atom. The summed E-state index contributed by atoms with van der Waals surface area (Å²) < 4.78 is 1.11. The van der Waals surface area contributed by atoms with Gasteiger partial charge >= 0.3 is 0 Å². The fourth-order valence-electron chi connectivity index (χ4n) is 2.27. The van der Waals surface area contributed by atoms with Crippen LogP contribution in [-0.2, 0) is 0 Å².